The van der Waals surface area contributed by atoms with Gasteiger partial charge in [0.1, 0.15) is 0 Å². The fraction of sp³-hybridized carbons (Fsp3) is 0.667. The summed E-state index contributed by atoms with van der Waals surface area (Å²) in [6.07, 6.45) is 5.16. The summed E-state index contributed by atoms with van der Waals surface area (Å²) < 4.78 is 28.8. The van der Waals surface area contributed by atoms with E-state index in [1.165, 1.54) is 0 Å². The highest BCUT2D eigenvalue weighted by atomic mass is 32.2. The Kier molecular flexibility index (Phi) is 5.22. The summed E-state index contributed by atoms with van der Waals surface area (Å²) >= 11 is 0. The van der Waals surface area contributed by atoms with Gasteiger partial charge in [-0.3, -0.25) is 0 Å². The van der Waals surface area contributed by atoms with Gasteiger partial charge >= 0.3 is 0 Å². The Labute approximate surface area is 110 Å². The molecule has 0 bridgehead atoms. The zero-order valence-electron chi connectivity index (χ0n) is 11.3. The lowest BCUT2D eigenvalue weighted by atomic mass is 10.3. The van der Waals surface area contributed by atoms with Crippen molar-refractivity contribution in [3.05, 3.63) is 24.6 Å². The van der Waals surface area contributed by atoms with Gasteiger partial charge in [0.25, 0.3) is 10.1 Å². The van der Waals surface area contributed by atoms with Crippen molar-refractivity contribution in [2.24, 2.45) is 0 Å². The van der Waals surface area contributed by atoms with Crippen molar-refractivity contribution in [3.63, 3.8) is 0 Å². The molecule has 0 fully saturated rings. The standard InChI is InChI=1S/C12H22N2O3S/c1-5-6-7-14-9-8-13(4)12(14)17-18(15,16)10-11(2)3/h8-9,12H,2,5-7,10H2,1,3-4H3. The van der Waals surface area contributed by atoms with Crippen molar-refractivity contribution in [2.45, 2.75) is 33.0 Å². The third kappa shape index (κ3) is 4.34. The second kappa shape index (κ2) is 6.24. The fourth-order valence-corrected chi connectivity index (χ4v) is 2.87. The van der Waals surface area contributed by atoms with Crippen LogP contribution in [0.15, 0.2) is 24.6 Å². The molecule has 0 spiro atoms. The van der Waals surface area contributed by atoms with E-state index in [0.29, 0.717) is 5.57 Å². The van der Waals surface area contributed by atoms with Crippen molar-refractivity contribution in [1.29, 1.82) is 0 Å². The van der Waals surface area contributed by atoms with Gasteiger partial charge in [0, 0.05) is 26.0 Å². The topological polar surface area (TPSA) is 49.9 Å². The lowest BCUT2D eigenvalue weighted by Gasteiger charge is -2.29. The molecule has 0 saturated carbocycles. The third-order valence-electron chi connectivity index (χ3n) is 2.55. The van der Waals surface area contributed by atoms with Crippen LogP contribution in [0.1, 0.15) is 26.7 Å². The average molecular weight is 274 g/mol. The van der Waals surface area contributed by atoms with E-state index in [4.69, 9.17) is 4.18 Å². The molecular weight excluding hydrogens is 252 g/mol. The SMILES string of the molecule is C=C(C)CS(=O)(=O)OC1N(C)C=CN1CCCC. The Balaban J connectivity index is 2.66. The zero-order valence-corrected chi connectivity index (χ0v) is 12.1. The minimum atomic E-state index is -3.58. The van der Waals surface area contributed by atoms with E-state index in [9.17, 15) is 8.42 Å². The smallest absolute Gasteiger partial charge is 0.274 e. The summed E-state index contributed by atoms with van der Waals surface area (Å²) in [5.74, 6) is -0.140. The van der Waals surface area contributed by atoms with Crippen LogP contribution in [0.3, 0.4) is 0 Å². The monoisotopic (exact) mass is 274 g/mol. The summed E-state index contributed by atoms with van der Waals surface area (Å²) in [5.41, 5.74) is 0.573. The van der Waals surface area contributed by atoms with E-state index in [1.807, 2.05) is 17.3 Å². The molecule has 0 saturated heterocycles. The molecule has 1 unspecified atom stereocenters. The summed E-state index contributed by atoms with van der Waals surface area (Å²) in [6.45, 7) is 8.15. The van der Waals surface area contributed by atoms with Gasteiger partial charge in [-0.05, 0) is 13.3 Å². The van der Waals surface area contributed by atoms with Crippen LogP contribution < -0.4 is 0 Å². The highest BCUT2D eigenvalue weighted by Gasteiger charge is 2.29. The van der Waals surface area contributed by atoms with Crippen molar-refractivity contribution >= 4 is 10.1 Å². The molecule has 0 aromatic heterocycles. The lowest BCUT2D eigenvalue weighted by Crippen LogP contribution is -2.41. The molecule has 0 radical (unpaired) electrons. The first-order chi connectivity index (χ1) is 8.35. The molecule has 0 N–H and O–H groups in total. The van der Waals surface area contributed by atoms with Crippen molar-refractivity contribution in [2.75, 3.05) is 19.3 Å². The fourth-order valence-electron chi connectivity index (χ4n) is 1.69. The number of nitrogens with zero attached hydrogens (tertiary/aromatic N) is 2. The molecule has 1 rings (SSSR count). The Hall–Kier alpha value is -1.01. The van der Waals surface area contributed by atoms with E-state index in [-0.39, 0.29) is 5.75 Å². The first kappa shape index (κ1) is 15.0. The summed E-state index contributed by atoms with van der Waals surface area (Å²) in [7, 11) is -1.78. The number of hydrogen-bond donors (Lipinski definition) is 0. The quantitative estimate of drug-likeness (QED) is 0.522. The largest absolute Gasteiger partial charge is 0.336 e. The van der Waals surface area contributed by atoms with Crippen molar-refractivity contribution in [1.82, 2.24) is 9.80 Å². The van der Waals surface area contributed by atoms with Crippen molar-refractivity contribution < 1.29 is 12.6 Å². The van der Waals surface area contributed by atoms with Crippen LogP contribution in [0.5, 0.6) is 0 Å². The predicted octanol–water partition coefficient (Wildman–Crippen LogP) is 1.71. The van der Waals surface area contributed by atoms with Crippen LogP contribution in [0.25, 0.3) is 0 Å². The molecule has 5 nitrogen and oxygen atoms in total. The molecule has 18 heavy (non-hydrogen) atoms. The van der Waals surface area contributed by atoms with E-state index in [0.717, 1.165) is 19.4 Å². The van der Waals surface area contributed by atoms with Crippen LogP contribution >= 0.6 is 0 Å². The van der Waals surface area contributed by atoms with Crippen LogP contribution in [-0.4, -0.2) is 43.9 Å². The summed E-state index contributed by atoms with van der Waals surface area (Å²) in [4.78, 5) is 3.63. The zero-order chi connectivity index (χ0) is 13.8. The van der Waals surface area contributed by atoms with Gasteiger partial charge in [0.15, 0.2) is 0 Å². The number of hydrogen-bond acceptors (Lipinski definition) is 5. The molecule has 6 heteroatoms. The third-order valence-corrected chi connectivity index (χ3v) is 3.86. The molecule has 0 aromatic rings. The van der Waals surface area contributed by atoms with Crippen LogP contribution in [0, 0.1) is 0 Å². The molecule has 1 heterocycles. The maximum atomic E-state index is 11.8. The normalized spacial score (nSPS) is 19.6. The minimum absolute atomic E-state index is 0.140. The predicted molar refractivity (Wildman–Crippen MR) is 72.0 cm³/mol. The van der Waals surface area contributed by atoms with Gasteiger partial charge in [0.05, 0.1) is 5.75 Å². The van der Waals surface area contributed by atoms with Crippen LogP contribution in [0.4, 0.5) is 0 Å². The van der Waals surface area contributed by atoms with Gasteiger partial charge < -0.3 is 9.80 Å². The molecule has 1 aliphatic heterocycles. The number of rotatable bonds is 7. The first-order valence-electron chi connectivity index (χ1n) is 6.07. The Bertz CT molecular complexity index is 417. The second-order valence-electron chi connectivity index (χ2n) is 4.64. The molecule has 0 aliphatic carbocycles. The van der Waals surface area contributed by atoms with Gasteiger partial charge in [-0.25, -0.2) is 4.18 Å². The Morgan fingerprint density at radius 2 is 2.11 bits per heavy atom. The van der Waals surface area contributed by atoms with E-state index in [1.54, 1.807) is 18.9 Å². The maximum Gasteiger partial charge on any atom is 0.274 e. The van der Waals surface area contributed by atoms with Crippen molar-refractivity contribution in [3.8, 4) is 0 Å². The first-order valence-corrected chi connectivity index (χ1v) is 7.65. The average Bonchev–Trinajstić information content (AvgIpc) is 2.55. The van der Waals surface area contributed by atoms with Crippen LogP contribution in [0.2, 0.25) is 0 Å². The Morgan fingerprint density at radius 3 is 2.67 bits per heavy atom. The van der Waals surface area contributed by atoms with Gasteiger partial charge in [-0.1, -0.05) is 25.5 Å². The molecule has 1 aliphatic rings. The minimum Gasteiger partial charge on any atom is -0.336 e. The molecular formula is C12H22N2O3S. The van der Waals surface area contributed by atoms with E-state index >= 15 is 0 Å². The van der Waals surface area contributed by atoms with Gasteiger partial charge in [-0.15, -0.1) is 0 Å². The second-order valence-corrected chi connectivity index (χ2v) is 6.23. The summed E-state index contributed by atoms with van der Waals surface area (Å²) in [5, 5.41) is 0. The number of unbranched alkanes of at least 4 members (excludes halogenated alkanes) is 1. The molecule has 0 aromatic carbocycles. The molecule has 1 atom stereocenters. The highest BCUT2D eigenvalue weighted by Crippen LogP contribution is 2.18. The van der Waals surface area contributed by atoms with Crippen LogP contribution in [-0.2, 0) is 14.3 Å². The highest BCUT2D eigenvalue weighted by molar-refractivity contribution is 7.86. The van der Waals surface area contributed by atoms with Gasteiger partial charge in [0.2, 0.25) is 6.35 Å². The lowest BCUT2D eigenvalue weighted by molar-refractivity contribution is -0.00857. The molecule has 104 valence electrons. The van der Waals surface area contributed by atoms with E-state index in [2.05, 4.69) is 13.5 Å². The van der Waals surface area contributed by atoms with E-state index < -0.39 is 16.5 Å². The van der Waals surface area contributed by atoms with Gasteiger partial charge in [-0.2, -0.15) is 8.42 Å². The Morgan fingerprint density at radius 1 is 1.44 bits per heavy atom. The maximum absolute atomic E-state index is 11.8. The molecule has 0 amide bonds. The summed E-state index contributed by atoms with van der Waals surface area (Å²) in [6, 6.07) is 0.